The highest BCUT2D eigenvalue weighted by Crippen LogP contribution is 2.07. The first-order valence-corrected chi connectivity index (χ1v) is 5.83. The lowest BCUT2D eigenvalue weighted by molar-refractivity contribution is 0.0773. The number of aryl methyl sites for hydroxylation is 1. The molecule has 5 heteroatoms. The van der Waals surface area contributed by atoms with Gasteiger partial charge >= 0.3 is 6.03 Å². The minimum Gasteiger partial charge on any atom is -0.352 e. The van der Waals surface area contributed by atoms with Gasteiger partial charge in [0.15, 0.2) is 0 Å². The van der Waals surface area contributed by atoms with Crippen LogP contribution in [0, 0.1) is 6.92 Å². The van der Waals surface area contributed by atoms with Crippen molar-refractivity contribution in [3.05, 3.63) is 35.4 Å². The second-order valence-electron chi connectivity index (χ2n) is 3.75. The molecule has 0 aliphatic heterocycles. The number of carbonyl (C=O) groups excluding carboxylic acids is 2. The van der Waals surface area contributed by atoms with Crippen LogP contribution in [0.3, 0.4) is 0 Å². The number of urea groups is 1. The molecule has 0 aliphatic rings. The molecule has 0 radical (unpaired) electrons. The van der Waals surface area contributed by atoms with Gasteiger partial charge in [-0.25, -0.2) is 4.79 Å². The Hall–Kier alpha value is -2.04. The number of benzene rings is 1. The Balaban J connectivity index is 0.000000631. The molecule has 1 aromatic rings. The Morgan fingerprint density at radius 3 is 2.06 bits per heavy atom. The Kier molecular flexibility index (Phi) is 7.19. The Bertz CT molecular complexity index is 397. The van der Waals surface area contributed by atoms with E-state index in [0.717, 1.165) is 24.2 Å². The fraction of sp³-hybridized carbons (Fsp3) is 0.385. The van der Waals surface area contributed by atoms with Gasteiger partial charge in [0.05, 0.1) is 0 Å². The van der Waals surface area contributed by atoms with Crippen molar-refractivity contribution in [3.8, 4) is 0 Å². The van der Waals surface area contributed by atoms with E-state index >= 15 is 0 Å². The summed E-state index contributed by atoms with van der Waals surface area (Å²) in [5, 5.41) is 0. The molecule has 0 bridgehead atoms. The van der Waals surface area contributed by atoms with Crippen LogP contribution < -0.4 is 11.5 Å². The average Bonchev–Trinajstić information content (AvgIpc) is 2.29. The van der Waals surface area contributed by atoms with Crippen molar-refractivity contribution in [3.63, 3.8) is 0 Å². The predicted molar refractivity (Wildman–Crippen MR) is 72.2 cm³/mol. The fourth-order valence-corrected chi connectivity index (χ4v) is 1.47. The molecule has 1 rings (SSSR count). The van der Waals surface area contributed by atoms with Crippen LogP contribution >= 0.6 is 0 Å². The molecule has 18 heavy (non-hydrogen) atoms. The van der Waals surface area contributed by atoms with Gasteiger partial charge in [-0.05, 0) is 32.9 Å². The smallest absolute Gasteiger partial charge is 0.309 e. The van der Waals surface area contributed by atoms with E-state index in [-0.39, 0.29) is 5.91 Å². The largest absolute Gasteiger partial charge is 0.352 e. The van der Waals surface area contributed by atoms with Gasteiger partial charge in [0.1, 0.15) is 0 Å². The van der Waals surface area contributed by atoms with Crippen LogP contribution in [0.25, 0.3) is 0 Å². The molecule has 3 amide bonds. The van der Waals surface area contributed by atoms with E-state index in [2.05, 4.69) is 11.5 Å². The molecule has 0 saturated carbocycles. The average molecular weight is 251 g/mol. The Labute approximate surface area is 108 Å². The highest BCUT2D eigenvalue weighted by molar-refractivity contribution is 5.94. The summed E-state index contributed by atoms with van der Waals surface area (Å²) in [7, 11) is 0. The summed E-state index contributed by atoms with van der Waals surface area (Å²) < 4.78 is 0. The summed E-state index contributed by atoms with van der Waals surface area (Å²) >= 11 is 0. The summed E-state index contributed by atoms with van der Waals surface area (Å²) in [6.07, 6.45) is 0. The second kappa shape index (κ2) is 8.11. The quantitative estimate of drug-likeness (QED) is 0.852. The minimum atomic E-state index is -0.833. The van der Waals surface area contributed by atoms with Gasteiger partial charge < -0.3 is 16.4 Å². The van der Waals surface area contributed by atoms with Gasteiger partial charge in [0.25, 0.3) is 5.91 Å². The molecule has 1 aromatic carbocycles. The number of hydrogen-bond acceptors (Lipinski definition) is 2. The first kappa shape index (κ1) is 16.0. The fourth-order valence-electron chi connectivity index (χ4n) is 1.47. The lowest BCUT2D eigenvalue weighted by Crippen LogP contribution is -2.30. The van der Waals surface area contributed by atoms with Crippen LogP contribution in [0.4, 0.5) is 4.79 Å². The molecule has 0 atom stereocenters. The second-order valence-corrected chi connectivity index (χ2v) is 3.75. The van der Waals surface area contributed by atoms with Crippen LogP contribution in [0.2, 0.25) is 0 Å². The first-order chi connectivity index (χ1) is 8.42. The summed E-state index contributed by atoms with van der Waals surface area (Å²) in [4.78, 5) is 22.7. The third-order valence-electron chi connectivity index (χ3n) is 2.32. The van der Waals surface area contributed by atoms with Gasteiger partial charge in [-0.15, -0.1) is 0 Å². The molecule has 0 fully saturated rings. The lowest BCUT2D eigenvalue weighted by Gasteiger charge is -2.18. The van der Waals surface area contributed by atoms with E-state index in [1.54, 1.807) is 0 Å². The number of rotatable bonds is 3. The van der Waals surface area contributed by atoms with E-state index in [1.807, 2.05) is 49.9 Å². The molecule has 0 aromatic heterocycles. The van der Waals surface area contributed by atoms with E-state index in [1.165, 1.54) is 0 Å². The van der Waals surface area contributed by atoms with Crippen molar-refractivity contribution in [2.75, 3.05) is 13.1 Å². The number of nitrogens with zero attached hydrogens (tertiary/aromatic N) is 1. The maximum absolute atomic E-state index is 11.9. The zero-order chi connectivity index (χ0) is 14.1. The molecule has 0 unspecified atom stereocenters. The van der Waals surface area contributed by atoms with Crippen molar-refractivity contribution in [2.24, 2.45) is 11.5 Å². The SMILES string of the molecule is CCN(CC)C(=O)c1cccc(C)c1.NC(N)=O. The number of hydrogen-bond donors (Lipinski definition) is 2. The summed E-state index contributed by atoms with van der Waals surface area (Å²) in [5.74, 6) is 0.124. The van der Waals surface area contributed by atoms with E-state index in [0.29, 0.717) is 0 Å². The van der Waals surface area contributed by atoms with Crippen molar-refractivity contribution in [1.29, 1.82) is 0 Å². The van der Waals surface area contributed by atoms with Gasteiger partial charge in [-0.3, -0.25) is 4.79 Å². The zero-order valence-electron chi connectivity index (χ0n) is 11.1. The van der Waals surface area contributed by atoms with Crippen molar-refractivity contribution in [2.45, 2.75) is 20.8 Å². The van der Waals surface area contributed by atoms with E-state index < -0.39 is 6.03 Å². The first-order valence-electron chi connectivity index (χ1n) is 5.83. The monoisotopic (exact) mass is 251 g/mol. The maximum Gasteiger partial charge on any atom is 0.309 e. The van der Waals surface area contributed by atoms with Crippen LogP contribution in [-0.4, -0.2) is 29.9 Å². The molecule has 0 heterocycles. The summed E-state index contributed by atoms with van der Waals surface area (Å²) in [5.41, 5.74) is 10.4. The minimum absolute atomic E-state index is 0.124. The third kappa shape index (κ3) is 5.89. The molecular weight excluding hydrogens is 230 g/mol. The maximum atomic E-state index is 11.9. The molecule has 0 spiro atoms. The van der Waals surface area contributed by atoms with Crippen molar-refractivity contribution >= 4 is 11.9 Å². The van der Waals surface area contributed by atoms with Gasteiger partial charge in [0, 0.05) is 18.7 Å². The van der Waals surface area contributed by atoms with Crippen LogP contribution in [0.1, 0.15) is 29.8 Å². The zero-order valence-corrected chi connectivity index (χ0v) is 11.1. The highest BCUT2D eigenvalue weighted by Gasteiger charge is 2.11. The lowest BCUT2D eigenvalue weighted by atomic mass is 10.1. The number of primary amides is 2. The van der Waals surface area contributed by atoms with E-state index in [4.69, 9.17) is 4.79 Å². The van der Waals surface area contributed by atoms with Gasteiger partial charge in [-0.2, -0.15) is 0 Å². The van der Waals surface area contributed by atoms with Gasteiger partial charge in [-0.1, -0.05) is 17.7 Å². The van der Waals surface area contributed by atoms with Gasteiger partial charge in [0.2, 0.25) is 0 Å². The van der Waals surface area contributed by atoms with Crippen molar-refractivity contribution in [1.82, 2.24) is 4.90 Å². The normalized spacial score (nSPS) is 9.06. The van der Waals surface area contributed by atoms with Crippen LogP contribution in [-0.2, 0) is 0 Å². The van der Waals surface area contributed by atoms with Crippen LogP contribution in [0.5, 0.6) is 0 Å². The van der Waals surface area contributed by atoms with E-state index in [9.17, 15) is 4.79 Å². The van der Waals surface area contributed by atoms with Crippen LogP contribution in [0.15, 0.2) is 24.3 Å². The Morgan fingerprint density at radius 2 is 1.67 bits per heavy atom. The molecule has 5 nitrogen and oxygen atoms in total. The van der Waals surface area contributed by atoms with Crippen molar-refractivity contribution < 1.29 is 9.59 Å². The summed E-state index contributed by atoms with van der Waals surface area (Å²) in [6.45, 7) is 7.53. The number of carbonyl (C=O) groups is 2. The molecule has 0 aliphatic carbocycles. The Morgan fingerprint density at radius 1 is 1.17 bits per heavy atom. The standard InChI is InChI=1S/C12H17NO.CH4N2O/c1-4-13(5-2)12(14)11-8-6-7-10(3)9-11;2-1(3)4/h6-9H,4-5H2,1-3H3;(H4,2,3,4). The third-order valence-corrected chi connectivity index (χ3v) is 2.32. The molecule has 0 saturated heterocycles. The predicted octanol–water partition coefficient (Wildman–Crippen LogP) is 1.50. The molecule has 4 N–H and O–H groups in total. The number of amides is 3. The molecule has 100 valence electrons. The summed E-state index contributed by atoms with van der Waals surface area (Å²) in [6, 6.07) is 6.89. The highest BCUT2D eigenvalue weighted by atomic mass is 16.2. The number of nitrogens with two attached hydrogens (primary N) is 2. The molecular formula is C13H21N3O2. The topological polar surface area (TPSA) is 89.4 Å².